The first-order valence-corrected chi connectivity index (χ1v) is 5.75. The standard InChI is InChI=1S/C10H19NS/c1-4-5-6-7-9-8-11-10(2,3)12-9/h8-9H,4-7H2,1-3H3. The molecule has 1 atom stereocenters. The molecule has 70 valence electrons. The molecule has 0 spiro atoms. The van der Waals surface area contributed by atoms with Gasteiger partial charge in [0.25, 0.3) is 0 Å². The van der Waals surface area contributed by atoms with Crippen LogP contribution < -0.4 is 0 Å². The Kier molecular flexibility index (Phi) is 3.63. The molecule has 0 N–H and O–H groups in total. The summed E-state index contributed by atoms with van der Waals surface area (Å²) in [6, 6.07) is 0. The highest BCUT2D eigenvalue weighted by molar-refractivity contribution is 8.02. The van der Waals surface area contributed by atoms with E-state index < -0.39 is 0 Å². The van der Waals surface area contributed by atoms with Crippen LogP contribution in [0.2, 0.25) is 0 Å². The number of nitrogens with zero attached hydrogens (tertiary/aromatic N) is 1. The van der Waals surface area contributed by atoms with Gasteiger partial charge in [0.15, 0.2) is 0 Å². The van der Waals surface area contributed by atoms with E-state index >= 15 is 0 Å². The third kappa shape index (κ3) is 3.18. The Morgan fingerprint density at radius 1 is 1.42 bits per heavy atom. The molecule has 1 unspecified atom stereocenters. The van der Waals surface area contributed by atoms with Gasteiger partial charge in [0.05, 0.1) is 0 Å². The largest absolute Gasteiger partial charge is 0.279 e. The van der Waals surface area contributed by atoms with Crippen LogP contribution in [0.15, 0.2) is 4.99 Å². The number of unbranched alkanes of at least 4 members (excludes halogenated alkanes) is 2. The van der Waals surface area contributed by atoms with Crippen LogP contribution in [0, 0.1) is 0 Å². The lowest BCUT2D eigenvalue weighted by molar-refractivity contribution is 0.691. The summed E-state index contributed by atoms with van der Waals surface area (Å²) in [5.41, 5.74) is 0. The highest BCUT2D eigenvalue weighted by atomic mass is 32.2. The SMILES string of the molecule is CCCCCC1C=NC(C)(C)S1. The molecule has 0 aromatic rings. The Hall–Kier alpha value is 0.0200. The molecule has 0 aliphatic carbocycles. The van der Waals surface area contributed by atoms with Crippen LogP contribution in [-0.4, -0.2) is 16.3 Å². The van der Waals surface area contributed by atoms with Crippen LogP contribution in [0.4, 0.5) is 0 Å². The molecule has 0 saturated heterocycles. The Morgan fingerprint density at radius 3 is 2.67 bits per heavy atom. The monoisotopic (exact) mass is 185 g/mol. The fourth-order valence-corrected chi connectivity index (χ4v) is 2.69. The van der Waals surface area contributed by atoms with Crippen molar-refractivity contribution in [1.29, 1.82) is 0 Å². The third-order valence-corrected chi connectivity index (χ3v) is 3.43. The Labute approximate surface area is 80.0 Å². The second kappa shape index (κ2) is 4.31. The molecule has 1 rings (SSSR count). The Bertz CT molecular complexity index is 163. The molecular formula is C10H19NS. The topological polar surface area (TPSA) is 12.4 Å². The van der Waals surface area contributed by atoms with Gasteiger partial charge < -0.3 is 0 Å². The maximum absolute atomic E-state index is 4.47. The van der Waals surface area contributed by atoms with E-state index in [0.29, 0.717) is 5.25 Å². The van der Waals surface area contributed by atoms with Crippen LogP contribution in [0.1, 0.15) is 46.5 Å². The zero-order valence-electron chi connectivity index (χ0n) is 8.34. The molecule has 1 aliphatic heterocycles. The van der Waals surface area contributed by atoms with Crippen molar-refractivity contribution in [2.45, 2.75) is 56.6 Å². The molecule has 1 nitrogen and oxygen atoms in total. The van der Waals surface area contributed by atoms with Crippen molar-refractivity contribution in [3.05, 3.63) is 0 Å². The minimum atomic E-state index is 0.150. The van der Waals surface area contributed by atoms with E-state index in [1.807, 2.05) is 11.8 Å². The molecule has 0 radical (unpaired) electrons. The van der Waals surface area contributed by atoms with Gasteiger partial charge in [-0.2, -0.15) is 0 Å². The van der Waals surface area contributed by atoms with Gasteiger partial charge in [-0.25, -0.2) is 0 Å². The summed E-state index contributed by atoms with van der Waals surface area (Å²) in [6.45, 7) is 6.63. The van der Waals surface area contributed by atoms with Crippen molar-refractivity contribution in [2.75, 3.05) is 0 Å². The molecule has 0 amide bonds. The fourth-order valence-electron chi connectivity index (χ4n) is 1.42. The van der Waals surface area contributed by atoms with Gasteiger partial charge in [0, 0.05) is 11.5 Å². The predicted molar refractivity (Wildman–Crippen MR) is 58.1 cm³/mol. The summed E-state index contributed by atoms with van der Waals surface area (Å²) in [4.78, 5) is 4.62. The Balaban J connectivity index is 2.17. The highest BCUT2D eigenvalue weighted by Gasteiger charge is 2.26. The molecule has 1 aliphatic rings. The van der Waals surface area contributed by atoms with Crippen LogP contribution >= 0.6 is 11.8 Å². The third-order valence-electron chi connectivity index (χ3n) is 2.08. The number of hydrogen-bond donors (Lipinski definition) is 0. The smallest absolute Gasteiger partial charge is 0.100 e. The average Bonchev–Trinajstić information content (AvgIpc) is 2.31. The van der Waals surface area contributed by atoms with Gasteiger partial charge in [-0.05, 0) is 20.3 Å². The van der Waals surface area contributed by atoms with E-state index in [-0.39, 0.29) is 4.87 Å². The van der Waals surface area contributed by atoms with Crippen LogP contribution in [0.25, 0.3) is 0 Å². The van der Waals surface area contributed by atoms with Crippen molar-refractivity contribution in [2.24, 2.45) is 4.99 Å². The summed E-state index contributed by atoms with van der Waals surface area (Å²) in [7, 11) is 0. The molecule has 0 bridgehead atoms. The minimum absolute atomic E-state index is 0.150. The van der Waals surface area contributed by atoms with Crippen molar-refractivity contribution in [3.8, 4) is 0 Å². The summed E-state index contributed by atoms with van der Waals surface area (Å²) >= 11 is 2.00. The summed E-state index contributed by atoms with van der Waals surface area (Å²) < 4.78 is 0. The minimum Gasteiger partial charge on any atom is -0.279 e. The van der Waals surface area contributed by atoms with Crippen molar-refractivity contribution in [3.63, 3.8) is 0 Å². The van der Waals surface area contributed by atoms with Crippen molar-refractivity contribution >= 4 is 18.0 Å². The zero-order chi connectivity index (χ0) is 9.03. The highest BCUT2D eigenvalue weighted by Crippen LogP contribution is 2.36. The van der Waals surface area contributed by atoms with E-state index in [1.165, 1.54) is 25.7 Å². The second-order valence-corrected chi connectivity index (χ2v) is 5.72. The number of thioether (sulfide) groups is 1. The predicted octanol–water partition coefficient (Wildman–Crippen LogP) is 3.49. The van der Waals surface area contributed by atoms with Gasteiger partial charge in [-0.15, -0.1) is 11.8 Å². The van der Waals surface area contributed by atoms with Gasteiger partial charge in [0.1, 0.15) is 4.87 Å². The summed E-state index contributed by atoms with van der Waals surface area (Å²) in [5.74, 6) is 0. The first-order chi connectivity index (χ1) is 5.64. The first kappa shape index (κ1) is 10.1. The maximum atomic E-state index is 4.47. The van der Waals surface area contributed by atoms with E-state index in [4.69, 9.17) is 0 Å². The van der Waals surface area contributed by atoms with Crippen molar-refractivity contribution < 1.29 is 0 Å². The van der Waals surface area contributed by atoms with Gasteiger partial charge >= 0.3 is 0 Å². The van der Waals surface area contributed by atoms with Crippen molar-refractivity contribution in [1.82, 2.24) is 0 Å². The average molecular weight is 185 g/mol. The van der Waals surface area contributed by atoms with E-state index in [0.717, 1.165) is 0 Å². The second-order valence-electron chi connectivity index (χ2n) is 3.88. The van der Waals surface area contributed by atoms with Crippen LogP contribution in [0.3, 0.4) is 0 Å². The fraction of sp³-hybridized carbons (Fsp3) is 0.900. The molecule has 0 aromatic carbocycles. The number of aliphatic imine (C=N–C) groups is 1. The number of rotatable bonds is 4. The van der Waals surface area contributed by atoms with E-state index in [2.05, 4.69) is 32.0 Å². The van der Waals surface area contributed by atoms with Crippen LogP contribution in [0.5, 0.6) is 0 Å². The van der Waals surface area contributed by atoms with E-state index in [1.54, 1.807) is 0 Å². The summed E-state index contributed by atoms with van der Waals surface area (Å²) in [6.07, 6.45) is 7.49. The lowest BCUT2D eigenvalue weighted by atomic mass is 10.2. The summed E-state index contributed by atoms with van der Waals surface area (Å²) in [5, 5.41) is 0.687. The molecule has 12 heavy (non-hydrogen) atoms. The molecule has 0 saturated carbocycles. The first-order valence-electron chi connectivity index (χ1n) is 4.87. The maximum Gasteiger partial charge on any atom is 0.100 e. The van der Waals surface area contributed by atoms with Gasteiger partial charge in [-0.3, -0.25) is 4.99 Å². The molecule has 1 heterocycles. The molecule has 2 heteroatoms. The molecule has 0 fully saturated rings. The lowest BCUT2D eigenvalue weighted by Crippen LogP contribution is -2.08. The zero-order valence-corrected chi connectivity index (χ0v) is 9.16. The lowest BCUT2D eigenvalue weighted by Gasteiger charge is -2.14. The van der Waals surface area contributed by atoms with E-state index in [9.17, 15) is 0 Å². The number of hydrogen-bond acceptors (Lipinski definition) is 2. The molecule has 0 aromatic heterocycles. The van der Waals surface area contributed by atoms with Gasteiger partial charge in [0.2, 0.25) is 0 Å². The normalized spacial score (nSPS) is 26.4. The van der Waals surface area contributed by atoms with Gasteiger partial charge in [-0.1, -0.05) is 26.2 Å². The van der Waals surface area contributed by atoms with Crippen LogP contribution in [-0.2, 0) is 0 Å². The Morgan fingerprint density at radius 2 is 2.17 bits per heavy atom. The quantitative estimate of drug-likeness (QED) is 0.611. The molecular weight excluding hydrogens is 166 g/mol.